The van der Waals surface area contributed by atoms with Gasteiger partial charge in [-0.15, -0.1) is 12.4 Å². The van der Waals surface area contributed by atoms with E-state index in [0.717, 1.165) is 19.3 Å². The molecule has 1 amide bonds. The summed E-state index contributed by atoms with van der Waals surface area (Å²) in [4.78, 5) is 16.0. The van der Waals surface area contributed by atoms with Crippen molar-refractivity contribution in [3.8, 4) is 5.75 Å². The molecular formula is C18H21ClN2O2. The molecule has 0 atom stereocenters. The molecule has 1 aromatic carbocycles. The van der Waals surface area contributed by atoms with Crippen molar-refractivity contribution in [1.29, 1.82) is 0 Å². The van der Waals surface area contributed by atoms with Crippen molar-refractivity contribution < 1.29 is 9.90 Å². The molecule has 2 aromatic rings. The molecule has 0 unspecified atom stereocenters. The molecule has 0 bridgehead atoms. The molecule has 1 aliphatic carbocycles. The summed E-state index contributed by atoms with van der Waals surface area (Å²) in [5.74, 6) is -0.168. The van der Waals surface area contributed by atoms with E-state index in [1.165, 1.54) is 30.4 Å². The molecule has 1 aromatic heterocycles. The van der Waals surface area contributed by atoms with Gasteiger partial charge in [0.1, 0.15) is 5.75 Å². The number of nitrogens with one attached hydrogen (secondary N) is 1. The number of carbonyl (C=O) groups excluding carboxylic acids is 1. The first-order valence-corrected chi connectivity index (χ1v) is 7.63. The Morgan fingerprint density at radius 1 is 1.22 bits per heavy atom. The van der Waals surface area contributed by atoms with Crippen LogP contribution in [0.5, 0.6) is 5.75 Å². The van der Waals surface area contributed by atoms with Gasteiger partial charge in [-0.2, -0.15) is 0 Å². The Morgan fingerprint density at radius 3 is 2.57 bits per heavy atom. The van der Waals surface area contributed by atoms with Crippen LogP contribution in [0.3, 0.4) is 0 Å². The van der Waals surface area contributed by atoms with Crippen molar-refractivity contribution in [1.82, 2.24) is 10.3 Å². The second-order valence-electron chi connectivity index (χ2n) is 6.13. The van der Waals surface area contributed by atoms with Crippen LogP contribution in [0.4, 0.5) is 0 Å². The SMILES string of the molecule is Cl.O=C(NCC1(Cc2ccccc2)CCC1)c1cncc(O)c1. The van der Waals surface area contributed by atoms with Gasteiger partial charge in [0.2, 0.25) is 0 Å². The number of halogens is 1. The van der Waals surface area contributed by atoms with Crippen LogP contribution in [0.2, 0.25) is 0 Å². The van der Waals surface area contributed by atoms with Crippen LogP contribution in [-0.4, -0.2) is 22.5 Å². The number of aromatic nitrogens is 1. The molecule has 1 fully saturated rings. The average Bonchev–Trinajstić information content (AvgIpc) is 2.50. The van der Waals surface area contributed by atoms with Crippen molar-refractivity contribution >= 4 is 18.3 Å². The molecule has 23 heavy (non-hydrogen) atoms. The van der Waals surface area contributed by atoms with Gasteiger partial charge in [-0.25, -0.2) is 0 Å². The lowest BCUT2D eigenvalue weighted by Gasteiger charge is -2.42. The van der Waals surface area contributed by atoms with Gasteiger partial charge in [-0.05, 0) is 36.3 Å². The number of nitrogens with zero attached hydrogens (tertiary/aromatic N) is 1. The van der Waals surface area contributed by atoms with Crippen LogP contribution in [0.15, 0.2) is 48.8 Å². The second kappa shape index (κ2) is 7.47. The summed E-state index contributed by atoms with van der Waals surface area (Å²) in [5.41, 5.74) is 1.88. The largest absolute Gasteiger partial charge is 0.506 e. The standard InChI is InChI=1S/C18H20N2O2.ClH/c21-16-9-15(11-19-12-16)17(22)20-13-18(7-4-8-18)10-14-5-2-1-3-6-14;/h1-3,5-6,9,11-12,21H,4,7-8,10,13H2,(H,20,22);1H. The molecule has 122 valence electrons. The first-order chi connectivity index (χ1) is 10.7. The van der Waals surface area contributed by atoms with E-state index in [1.54, 1.807) is 0 Å². The van der Waals surface area contributed by atoms with Crippen molar-refractivity contribution in [2.45, 2.75) is 25.7 Å². The van der Waals surface area contributed by atoms with Crippen LogP contribution in [0.1, 0.15) is 35.2 Å². The summed E-state index contributed by atoms with van der Waals surface area (Å²) >= 11 is 0. The summed E-state index contributed by atoms with van der Waals surface area (Å²) in [6, 6.07) is 11.8. The first-order valence-electron chi connectivity index (χ1n) is 7.63. The lowest BCUT2D eigenvalue weighted by molar-refractivity contribution is 0.0859. The number of aromatic hydroxyl groups is 1. The van der Waals surface area contributed by atoms with E-state index in [9.17, 15) is 9.90 Å². The van der Waals surface area contributed by atoms with Gasteiger partial charge < -0.3 is 10.4 Å². The molecule has 1 saturated carbocycles. The maximum atomic E-state index is 12.2. The molecular weight excluding hydrogens is 312 g/mol. The van der Waals surface area contributed by atoms with Crippen molar-refractivity contribution in [2.75, 3.05) is 6.54 Å². The van der Waals surface area contributed by atoms with Gasteiger partial charge in [0.25, 0.3) is 5.91 Å². The van der Waals surface area contributed by atoms with Crippen LogP contribution in [-0.2, 0) is 6.42 Å². The molecule has 5 heteroatoms. The number of rotatable bonds is 5. The third-order valence-electron chi connectivity index (χ3n) is 4.45. The maximum Gasteiger partial charge on any atom is 0.253 e. The van der Waals surface area contributed by atoms with E-state index in [2.05, 4.69) is 34.6 Å². The Balaban J connectivity index is 0.00000192. The van der Waals surface area contributed by atoms with E-state index in [4.69, 9.17) is 0 Å². The fourth-order valence-corrected chi connectivity index (χ4v) is 3.04. The summed E-state index contributed by atoms with van der Waals surface area (Å²) in [6.07, 6.45) is 7.28. The van der Waals surface area contributed by atoms with E-state index < -0.39 is 0 Å². The number of hydrogen-bond acceptors (Lipinski definition) is 3. The zero-order valence-electron chi connectivity index (χ0n) is 12.9. The summed E-state index contributed by atoms with van der Waals surface area (Å²) in [7, 11) is 0. The summed E-state index contributed by atoms with van der Waals surface area (Å²) in [6.45, 7) is 0.663. The summed E-state index contributed by atoms with van der Waals surface area (Å²) < 4.78 is 0. The number of benzene rings is 1. The Kier molecular flexibility index (Phi) is 5.61. The number of amides is 1. The maximum absolute atomic E-state index is 12.2. The number of carbonyl (C=O) groups is 1. The molecule has 0 aliphatic heterocycles. The van der Waals surface area contributed by atoms with Gasteiger partial charge in [0.05, 0.1) is 11.8 Å². The zero-order valence-corrected chi connectivity index (χ0v) is 13.7. The molecule has 1 heterocycles. The fraction of sp³-hybridized carbons (Fsp3) is 0.333. The van der Waals surface area contributed by atoms with Crippen LogP contribution < -0.4 is 5.32 Å². The zero-order chi connectivity index (χ0) is 15.4. The highest BCUT2D eigenvalue weighted by atomic mass is 35.5. The van der Waals surface area contributed by atoms with E-state index in [-0.39, 0.29) is 29.5 Å². The normalized spacial score (nSPS) is 15.1. The second-order valence-corrected chi connectivity index (χ2v) is 6.13. The topological polar surface area (TPSA) is 62.2 Å². The third-order valence-corrected chi connectivity index (χ3v) is 4.45. The molecule has 0 spiro atoms. The average molecular weight is 333 g/mol. The van der Waals surface area contributed by atoms with Gasteiger partial charge in [-0.3, -0.25) is 9.78 Å². The molecule has 2 N–H and O–H groups in total. The van der Waals surface area contributed by atoms with E-state index >= 15 is 0 Å². The Bertz CT molecular complexity index is 657. The van der Waals surface area contributed by atoms with E-state index in [1.807, 2.05) is 6.07 Å². The predicted octanol–water partition coefficient (Wildman–Crippen LogP) is 3.35. The predicted molar refractivity (Wildman–Crippen MR) is 91.9 cm³/mol. The minimum Gasteiger partial charge on any atom is -0.506 e. The van der Waals surface area contributed by atoms with Crippen molar-refractivity contribution in [3.05, 3.63) is 59.9 Å². The van der Waals surface area contributed by atoms with Crippen molar-refractivity contribution in [3.63, 3.8) is 0 Å². The molecule has 4 nitrogen and oxygen atoms in total. The Hall–Kier alpha value is -2.07. The van der Waals surface area contributed by atoms with Crippen LogP contribution in [0.25, 0.3) is 0 Å². The fourth-order valence-electron chi connectivity index (χ4n) is 3.04. The quantitative estimate of drug-likeness (QED) is 0.882. The first kappa shape index (κ1) is 17.3. The minimum atomic E-state index is -0.178. The third kappa shape index (κ3) is 4.23. The highest BCUT2D eigenvalue weighted by molar-refractivity contribution is 5.94. The van der Waals surface area contributed by atoms with Crippen LogP contribution in [0, 0.1) is 5.41 Å². The van der Waals surface area contributed by atoms with Crippen molar-refractivity contribution in [2.24, 2.45) is 5.41 Å². The number of pyridine rings is 1. The van der Waals surface area contributed by atoms with E-state index in [0.29, 0.717) is 12.1 Å². The highest BCUT2D eigenvalue weighted by Gasteiger charge is 2.37. The Morgan fingerprint density at radius 2 is 1.96 bits per heavy atom. The van der Waals surface area contributed by atoms with Gasteiger partial charge >= 0.3 is 0 Å². The Labute approximate surface area is 142 Å². The summed E-state index contributed by atoms with van der Waals surface area (Å²) in [5, 5.41) is 12.4. The lowest BCUT2D eigenvalue weighted by atomic mass is 9.65. The highest BCUT2D eigenvalue weighted by Crippen LogP contribution is 2.43. The molecule has 0 radical (unpaired) electrons. The molecule has 1 aliphatic rings. The molecule has 3 rings (SSSR count). The molecule has 0 saturated heterocycles. The number of hydrogen-bond donors (Lipinski definition) is 2. The monoisotopic (exact) mass is 332 g/mol. The smallest absolute Gasteiger partial charge is 0.253 e. The van der Waals surface area contributed by atoms with Gasteiger partial charge in [0.15, 0.2) is 0 Å². The van der Waals surface area contributed by atoms with Gasteiger partial charge in [0, 0.05) is 12.7 Å². The minimum absolute atomic E-state index is 0. The van der Waals surface area contributed by atoms with Crippen LogP contribution >= 0.6 is 12.4 Å². The lowest BCUT2D eigenvalue weighted by Crippen LogP contribution is -2.43. The van der Waals surface area contributed by atoms with Gasteiger partial charge in [-0.1, -0.05) is 36.8 Å².